The molecule has 10 heteroatoms. The summed E-state index contributed by atoms with van der Waals surface area (Å²) in [5.74, 6) is -2.31. The molecule has 26 heavy (non-hydrogen) atoms. The van der Waals surface area contributed by atoms with Crippen LogP contribution in [0.1, 0.15) is 31.9 Å². The maximum Gasteiger partial charge on any atom is 0.416 e. The van der Waals surface area contributed by atoms with Gasteiger partial charge in [0.1, 0.15) is 11.4 Å². The second-order valence-corrected chi connectivity index (χ2v) is 9.36. The number of hydrogen-bond acceptors (Lipinski definition) is 4. The van der Waals surface area contributed by atoms with Gasteiger partial charge in [-0.25, -0.2) is 17.6 Å². The number of hydrogen-bond donors (Lipinski definition) is 0. The molecular weight excluding hydrogens is 378 g/mol. The number of carbonyl (C=O) groups excluding carboxylic acids is 1. The first-order chi connectivity index (χ1) is 11.7. The molecule has 0 bridgehead atoms. The van der Waals surface area contributed by atoms with Crippen LogP contribution in [0.15, 0.2) is 18.2 Å². The number of alkyl halides is 3. The molecule has 2 rings (SSSR count). The first-order valence-corrected chi connectivity index (χ1v) is 9.46. The number of nitrogens with zero attached hydrogens (tertiary/aromatic N) is 1. The monoisotopic (exact) mass is 397 g/mol. The van der Waals surface area contributed by atoms with E-state index in [4.69, 9.17) is 4.74 Å². The van der Waals surface area contributed by atoms with E-state index in [-0.39, 0.29) is 13.1 Å². The summed E-state index contributed by atoms with van der Waals surface area (Å²) in [7, 11) is -4.08. The second-order valence-electron chi connectivity index (χ2n) is 7.08. The number of rotatable bonds is 3. The predicted octanol–water partition coefficient (Wildman–Crippen LogP) is 3.38. The summed E-state index contributed by atoms with van der Waals surface area (Å²) in [6, 6.07) is 2.30. The van der Waals surface area contributed by atoms with Gasteiger partial charge >= 0.3 is 12.3 Å². The van der Waals surface area contributed by atoms with Gasteiger partial charge in [-0.3, -0.25) is 0 Å². The molecule has 1 fully saturated rings. The van der Waals surface area contributed by atoms with Crippen molar-refractivity contribution in [1.82, 2.24) is 4.90 Å². The van der Waals surface area contributed by atoms with Crippen molar-refractivity contribution in [1.29, 1.82) is 0 Å². The maximum absolute atomic E-state index is 13.8. The Morgan fingerprint density at radius 1 is 1.23 bits per heavy atom. The normalized spacial score (nSPS) is 16.3. The van der Waals surface area contributed by atoms with Gasteiger partial charge in [0, 0.05) is 18.7 Å². The highest BCUT2D eigenvalue weighted by Crippen LogP contribution is 2.35. The van der Waals surface area contributed by atoms with Crippen molar-refractivity contribution in [3.05, 3.63) is 35.1 Å². The molecule has 1 heterocycles. The average Bonchev–Trinajstić information content (AvgIpc) is 2.35. The van der Waals surface area contributed by atoms with Gasteiger partial charge in [-0.05, 0) is 32.9 Å². The van der Waals surface area contributed by atoms with Crippen LogP contribution in [0, 0.1) is 5.82 Å². The lowest BCUT2D eigenvalue weighted by Gasteiger charge is -2.39. The van der Waals surface area contributed by atoms with Crippen LogP contribution in [0.3, 0.4) is 0 Å². The minimum atomic E-state index is -4.87. The van der Waals surface area contributed by atoms with E-state index < -0.39 is 55.7 Å². The summed E-state index contributed by atoms with van der Waals surface area (Å²) < 4.78 is 82.6. The highest BCUT2D eigenvalue weighted by atomic mass is 32.2. The maximum atomic E-state index is 13.8. The van der Waals surface area contributed by atoms with Crippen LogP contribution in [-0.4, -0.2) is 43.4 Å². The molecule has 1 aliphatic rings. The third-order valence-electron chi connectivity index (χ3n) is 3.78. The van der Waals surface area contributed by atoms with Crippen LogP contribution in [0.25, 0.3) is 0 Å². The van der Waals surface area contributed by atoms with Crippen LogP contribution in [-0.2, 0) is 26.5 Å². The molecule has 0 saturated carbocycles. The zero-order chi connectivity index (χ0) is 19.9. The van der Waals surface area contributed by atoms with Crippen molar-refractivity contribution < 1.29 is 35.5 Å². The molecule has 146 valence electrons. The van der Waals surface area contributed by atoms with Crippen molar-refractivity contribution in [3.8, 4) is 0 Å². The molecule has 1 saturated heterocycles. The largest absolute Gasteiger partial charge is 0.444 e. The van der Waals surface area contributed by atoms with Gasteiger partial charge < -0.3 is 9.64 Å². The zero-order valence-electron chi connectivity index (χ0n) is 14.4. The van der Waals surface area contributed by atoms with Gasteiger partial charge in [0.2, 0.25) is 0 Å². The van der Waals surface area contributed by atoms with Gasteiger partial charge in [-0.2, -0.15) is 13.2 Å². The summed E-state index contributed by atoms with van der Waals surface area (Å²) in [6.45, 7) is 4.54. The van der Waals surface area contributed by atoms with Crippen LogP contribution < -0.4 is 0 Å². The molecular formula is C16H19F4NO4S. The summed E-state index contributed by atoms with van der Waals surface area (Å²) in [6.07, 6.45) is -5.57. The number of likely N-dealkylation sites (tertiary alicyclic amines) is 1. The fourth-order valence-electron chi connectivity index (χ4n) is 2.43. The quantitative estimate of drug-likeness (QED) is 0.734. The molecule has 0 unspecified atom stereocenters. The molecule has 5 nitrogen and oxygen atoms in total. The molecule has 0 aromatic heterocycles. The number of ether oxygens (including phenoxy) is 1. The fourth-order valence-corrected chi connectivity index (χ4v) is 4.18. The van der Waals surface area contributed by atoms with E-state index in [0.717, 1.165) is 17.0 Å². The molecule has 1 aliphatic heterocycles. The SMILES string of the molecule is CC(C)(C)OC(=O)N1CC(S(=O)(=O)Cc2c(F)cccc2C(F)(F)F)C1. The molecule has 0 radical (unpaired) electrons. The Hall–Kier alpha value is -1.84. The van der Waals surface area contributed by atoms with Crippen LogP contribution >= 0.6 is 0 Å². The molecule has 0 aliphatic carbocycles. The van der Waals surface area contributed by atoms with Crippen molar-refractivity contribution in [3.63, 3.8) is 0 Å². The number of carbonyl (C=O) groups is 1. The minimum absolute atomic E-state index is 0.201. The van der Waals surface area contributed by atoms with E-state index >= 15 is 0 Å². The van der Waals surface area contributed by atoms with Gasteiger partial charge in [0.15, 0.2) is 9.84 Å². The lowest BCUT2D eigenvalue weighted by molar-refractivity contribution is -0.138. The molecule has 0 N–H and O–H groups in total. The lowest BCUT2D eigenvalue weighted by atomic mass is 10.1. The Bertz CT molecular complexity index is 793. The van der Waals surface area contributed by atoms with E-state index in [1.807, 2.05) is 0 Å². The van der Waals surface area contributed by atoms with Crippen LogP contribution in [0.5, 0.6) is 0 Å². The topological polar surface area (TPSA) is 63.7 Å². The lowest BCUT2D eigenvalue weighted by Crippen LogP contribution is -2.58. The fraction of sp³-hybridized carbons (Fsp3) is 0.562. The molecule has 1 aromatic rings. The van der Waals surface area contributed by atoms with E-state index in [1.165, 1.54) is 0 Å². The highest BCUT2D eigenvalue weighted by molar-refractivity contribution is 7.91. The standard InChI is InChI=1S/C16H19F4NO4S/c1-15(2,3)25-14(22)21-7-10(8-21)26(23,24)9-11-12(16(18,19)20)5-4-6-13(11)17/h4-6,10H,7-9H2,1-3H3. The highest BCUT2D eigenvalue weighted by Gasteiger charge is 2.43. The third-order valence-corrected chi connectivity index (χ3v) is 5.78. The number of benzene rings is 1. The van der Waals surface area contributed by atoms with E-state index in [2.05, 4.69) is 0 Å². The molecule has 0 atom stereocenters. The van der Waals surface area contributed by atoms with Crippen molar-refractivity contribution in [2.75, 3.05) is 13.1 Å². The van der Waals surface area contributed by atoms with Crippen LogP contribution in [0.4, 0.5) is 22.4 Å². The zero-order valence-corrected chi connectivity index (χ0v) is 15.2. The summed E-state index contributed by atoms with van der Waals surface area (Å²) in [5, 5.41) is -1.06. The van der Waals surface area contributed by atoms with Gasteiger partial charge in [-0.1, -0.05) is 6.07 Å². The minimum Gasteiger partial charge on any atom is -0.444 e. The second kappa shape index (κ2) is 6.71. The number of halogens is 4. The Morgan fingerprint density at radius 3 is 2.31 bits per heavy atom. The van der Waals surface area contributed by atoms with Gasteiger partial charge in [0.05, 0.1) is 16.6 Å². The van der Waals surface area contributed by atoms with Crippen LogP contribution in [0.2, 0.25) is 0 Å². The molecule has 0 spiro atoms. The van der Waals surface area contributed by atoms with Crippen molar-refractivity contribution in [2.45, 2.75) is 43.6 Å². The summed E-state index contributed by atoms with van der Waals surface area (Å²) in [5.41, 5.74) is -2.98. The number of amides is 1. The first kappa shape index (κ1) is 20.5. The average molecular weight is 397 g/mol. The Balaban J connectivity index is 2.12. The molecule has 1 aromatic carbocycles. The van der Waals surface area contributed by atoms with Crippen molar-refractivity contribution in [2.24, 2.45) is 0 Å². The van der Waals surface area contributed by atoms with E-state index in [1.54, 1.807) is 20.8 Å². The summed E-state index contributed by atoms with van der Waals surface area (Å²) in [4.78, 5) is 12.9. The Labute approximate surface area is 148 Å². The van der Waals surface area contributed by atoms with Gasteiger partial charge in [-0.15, -0.1) is 0 Å². The van der Waals surface area contributed by atoms with Crippen molar-refractivity contribution >= 4 is 15.9 Å². The van der Waals surface area contributed by atoms with E-state index in [9.17, 15) is 30.8 Å². The molecule has 1 amide bonds. The third kappa shape index (κ3) is 4.66. The Morgan fingerprint density at radius 2 is 1.81 bits per heavy atom. The predicted molar refractivity (Wildman–Crippen MR) is 85.6 cm³/mol. The Kier molecular flexibility index (Phi) is 5.29. The van der Waals surface area contributed by atoms with E-state index in [0.29, 0.717) is 6.07 Å². The first-order valence-electron chi connectivity index (χ1n) is 7.75. The van der Waals surface area contributed by atoms with Gasteiger partial charge in [0.25, 0.3) is 0 Å². The smallest absolute Gasteiger partial charge is 0.416 e. The number of sulfone groups is 1. The summed E-state index contributed by atoms with van der Waals surface area (Å²) >= 11 is 0.